The van der Waals surface area contributed by atoms with Gasteiger partial charge in [0.05, 0.1) is 30.7 Å². The quantitative estimate of drug-likeness (QED) is 0.390. The fraction of sp³-hybridized carbons (Fsp3) is 0.613. The molecule has 3 heterocycles. The molecule has 0 spiro atoms. The van der Waals surface area contributed by atoms with Crippen molar-refractivity contribution in [3.8, 4) is 0 Å². The molecule has 1 fully saturated rings. The first-order chi connectivity index (χ1) is 20.5. The van der Waals surface area contributed by atoms with E-state index in [1.54, 1.807) is 30.9 Å². The van der Waals surface area contributed by atoms with Gasteiger partial charge in [0.1, 0.15) is 17.7 Å². The van der Waals surface area contributed by atoms with Gasteiger partial charge in [0.2, 0.25) is 0 Å². The maximum absolute atomic E-state index is 15.0. The number of hydrogen-bond acceptors (Lipinski definition) is 9. The molecule has 2 N–H and O–H groups in total. The van der Waals surface area contributed by atoms with E-state index >= 15 is 0 Å². The molecule has 11 nitrogen and oxygen atoms in total. The summed E-state index contributed by atoms with van der Waals surface area (Å²) in [4.78, 5) is 29.7. The van der Waals surface area contributed by atoms with Crippen LogP contribution < -0.4 is 0 Å². The molecule has 0 saturated carbocycles. The number of aromatic nitrogens is 3. The molecule has 2 aromatic rings. The van der Waals surface area contributed by atoms with Crippen molar-refractivity contribution in [3.63, 3.8) is 0 Å². The predicted molar refractivity (Wildman–Crippen MR) is 159 cm³/mol. The van der Waals surface area contributed by atoms with Crippen LogP contribution in [0.3, 0.4) is 0 Å². The maximum Gasteiger partial charge on any atom is 0.410 e. The number of benzene rings is 1. The molecule has 0 bridgehead atoms. The van der Waals surface area contributed by atoms with E-state index in [9.17, 15) is 24.2 Å². The van der Waals surface area contributed by atoms with Gasteiger partial charge in [-0.15, -0.1) is 5.10 Å². The van der Waals surface area contributed by atoms with E-state index in [2.05, 4.69) is 15.2 Å². The summed E-state index contributed by atoms with van der Waals surface area (Å²) in [5.41, 5.74) is 1.71. The Morgan fingerprint density at radius 1 is 1.21 bits per heavy atom. The minimum atomic E-state index is -0.898. The molecule has 0 radical (unpaired) electrons. The Morgan fingerprint density at radius 2 is 1.93 bits per heavy atom. The van der Waals surface area contributed by atoms with Crippen molar-refractivity contribution >= 4 is 29.2 Å². The molecular formula is C31H44FN5O6. The number of rotatable bonds is 5. The Kier molecular flexibility index (Phi) is 10.9. The van der Waals surface area contributed by atoms with E-state index in [0.29, 0.717) is 42.6 Å². The SMILES string of the molecule is C/C(=C\c1cc(F)c2nnn(C(C)CO)c2c1)[C@H]1OC(=O)C[C@@H](O)CC[C@@H](C)[C@@H](OC(=O)N2CCN(C)CC2)/C=C/[C@@H]1C. The number of esters is 1. The largest absolute Gasteiger partial charge is 0.457 e. The summed E-state index contributed by atoms with van der Waals surface area (Å²) in [5.74, 6) is -1.50. The highest BCUT2D eigenvalue weighted by Gasteiger charge is 2.29. The van der Waals surface area contributed by atoms with Crippen molar-refractivity contribution in [3.05, 3.63) is 41.2 Å². The molecule has 1 amide bonds. The molecule has 6 atom stereocenters. The van der Waals surface area contributed by atoms with Gasteiger partial charge >= 0.3 is 12.1 Å². The second-order valence-corrected chi connectivity index (χ2v) is 12.0. The van der Waals surface area contributed by atoms with Crippen LogP contribution >= 0.6 is 0 Å². The number of nitrogens with zero attached hydrogens (tertiary/aromatic N) is 5. The molecular weight excluding hydrogens is 557 g/mol. The van der Waals surface area contributed by atoms with Gasteiger partial charge in [-0.1, -0.05) is 31.2 Å². The number of likely N-dealkylation sites (N-methyl/N-ethyl adjacent to an activating group) is 1. The lowest BCUT2D eigenvalue weighted by atomic mass is 9.91. The molecule has 12 heteroatoms. The van der Waals surface area contributed by atoms with Crippen molar-refractivity contribution in [1.29, 1.82) is 0 Å². The zero-order chi connectivity index (χ0) is 31.3. The molecule has 1 unspecified atom stereocenters. The summed E-state index contributed by atoms with van der Waals surface area (Å²) >= 11 is 0. The average Bonchev–Trinajstić information content (AvgIpc) is 3.40. The second kappa shape index (κ2) is 14.4. The lowest BCUT2D eigenvalue weighted by Crippen LogP contribution is -2.48. The van der Waals surface area contributed by atoms with Gasteiger partial charge in [-0.2, -0.15) is 0 Å². The van der Waals surface area contributed by atoms with Crippen molar-refractivity contribution < 1.29 is 33.7 Å². The number of carbonyl (C=O) groups excluding carboxylic acids is 2. The van der Waals surface area contributed by atoms with Gasteiger partial charge < -0.3 is 29.5 Å². The van der Waals surface area contributed by atoms with Crippen LogP contribution in [0.15, 0.2) is 29.9 Å². The van der Waals surface area contributed by atoms with Crippen LogP contribution in [0, 0.1) is 17.7 Å². The first-order valence-corrected chi connectivity index (χ1v) is 15.0. The minimum absolute atomic E-state index is 0.0884. The number of cyclic esters (lactones) is 1. The standard InChI is InChI=1S/C31H44FN5O6/c1-19-6-8-24(39)17-28(40)43-30(20(2)7-9-27(19)42-31(41)36-12-10-35(5)11-13-36)21(3)14-23-15-25(32)29-26(16-23)37(34-33-29)22(4)18-38/h7,9,14-16,19-20,22,24,27,30,38-39H,6,8,10-13,17-18H2,1-5H3/b9-7+,21-14+/t19-,20+,22?,24+,27+,30+/m1/s1. The van der Waals surface area contributed by atoms with Crippen LogP contribution in [0.5, 0.6) is 0 Å². The van der Waals surface area contributed by atoms with Crippen LogP contribution in [0.25, 0.3) is 17.1 Å². The monoisotopic (exact) mass is 601 g/mol. The van der Waals surface area contributed by atoms with Crippen molar-refractivity contribution in [2.75, 3.05) is 39.8 Å². The molecule has 1 aromatic carbocycles. The van der Waals surface area contributed by atoms with Gasteiger partial charge in [0.15, 0.2) is 5.82 Å². The highest BCUT2D eigenvalue weighted by atomic mass is 19.1. The number of hydrogen-bond donors (Lipinski definition) is 2. The normalized spacial score (nSPS) is 28.1. The van der Waals surface area contributed by atoms with E-state index in [4.69, 9.17) is 9.47 Å². The van der Waals surface area contributed by atoms with Gasteiger partial charge in [-0.05, 0) is 69.0 Å². The van der Waals surface area contributed by atoms with Crippen LogP contribution in [-0.2, 0) is 14.3 Å². The summed E-state index contributed by atoms with van der Waals surface area (Å²) < 4.78 is 28.3. The van der Waals surface area contributed by atoms with Crippen LogP contribution in [0.2, 0.25) is 0 Å². The lowest BCUT2D eigenvalue weighted by Gasteiger charge is -2.33. The van der Waals surface area contributed by atoms with Crippen molar-refractivity contribution in [1.82, 2.24) is 24.8 Å². The zero-order valence-corrected chi connectivity index (χ0v) is 25.6. The maximum atomic E-state index is 15.0. The molecule has 1 saturated heterocycles. The third-order valence-electron chi connectivity index (χ3n) is 8.34. The molecule has 2 aliphatic heterocycles. The van der Waals surface area contributed by atoms with Gasteiger partial charge in [0, 0.05) is 32.1 Å². The molecule has 2 aliphatic rings. The first kappa shape index (κ1) is 32.6. The molecule has 0 aliphatic carbocycles. The van der Waals surface area contributed by atoms with Gasteiger partial charge in [-0.3, -0.25) is 4.79 Å². The van der Waals surface area contributed by atoms with E-state index in [1.165, 1.54) is 10.7 Å². The van der Waals surface area contributed by atoms with Gasteiger partial charge in [0.25, 0.3) is 0 Å². The molecule has 43 heavy (non-hydrogen) atoms. The second-order valence-electron chi connectivity index (χ2n) is 12.0. The smallest absolute Gasteiger partial charge is 0.410 e. The average molecular weight is 602 g/mol. The third kappa shape index (κ3) is 8.18. The predicted octanol–water partition coefficient (Wildman–Crippen LogP) is 3.56. The van der Waals surface area contributed by atoms with E-state index in [-0.39, 0.29) is 36.5 Å². The number of amides is 1. The summed E-state index contributed by atoms with van der Waals surface area (Å²) in [6.45, 7) is 9.99. The van der Waals surface area contributed by atoms with Crippen molar-refractivity contribution in [2.45, 2.75) is 71.3 Å². The number of aliphatic hydroxyl groups is 2. The molecule has 4 rings (SSSR count). The third-order valence-corrected chi connectivity index (χ3v) is 8.34. The number of fused-ring (bicyclic) bond motifs is 1. The number of carbonyl (C=O) groups is 2. The highest BCUT2D eigenvalue weighted by molar-refractivity contribution is 5.79. The topological polar surface area (TPSA) is 130 Å². The Morgan fingerprint density at radius 3 is 2.63 bits per heavy atom. The number of ether oxygens (including phenoxy) is 2. The summed E-state index contributed by atoms with van der Waals surface area (Å²) in [5, 5.41) is 28.1. The Hall–Kier alpha value is -3.35. The fourth-order valence-electron chi connectivity index (χ4n) is 5.48. The van der Waals surface area contributed by atoms with E-state index < -0.39 is 36.1 Å². The van der Waals surface area contributed by atoms with Crippen LogP contribution in [0.4, 0.5) is 9.18 Å². The summed E-state index contributed by atoms with van der Waals surface area (Å²) in [7, 11) is 2.02. The fourth-order valence-corrected chi connectivity index (χ4v) is 5.48. The Balaban J connectivity index is 1.61. The number of aliphatic hydroxyl groups excluding tert-OH is 2. The number of halogens is 1. The van der Waals surface area contributed by atoms with Gasteiger partial charge in [-0.25, -0.2) is 13.9 Å². The highest BCUT2D eigenvalue weighted by Crippen LogP contribution is 2.27. The lowest BCUT2D eigenvalue weighted by molar-refractivity contribution is -0.151. The first-order valence-electron chi connectivity index (χ1n) is 15.0. The van der Waals surface area contributed by atoms with E-state index in [0.717, 1.165) is 13.1 Å². The zero-order valence-electron chi connectivity index (χ0n) is 25.6. The minimum Gasteiger partial charge on any atom is -0.457 e. The number of piperazine rings is 1. The summed E-state index contributed by atoms with van der Waals surface area (Å²) in [6.07, 6.45) is 3.71. The molecule has 1 aromatic heterocycles. The Labute approximate surface area is 251 Å². The van der Waals surface area contributed by atoms with Crippen LogP contribution in [-0.4, -0.2) is 105 Å². The van der Waals surface area contributed by atoms with Crippen LogP contribution in [0.1, 0.15) is 58.6 Å². The van der Waals surface area contributed by atoms with Crippen molar-refractivity contribution in [2.24, 2.45) is 11.8 Å². The summed E-state index contributed by atoms with van der Waals surface area (Å²) in [6, 6.07) is 2.67. The molecule has 236 valence electrons. The Bertz CT molecular complexity index is 1340. The van der Waals surface area contributed by atoms with E-state index in [1.807, 2.05) is 33.0 Å².